The molecule has 0 saturated heterocycles. The maximum atomic E-state index is 12.5. The van der Waals surface area contributed by atoms with Crippen molar-refractivity contribution < 1.29 is 23.1 Å². The second kappa shape index (κ2) is 8.68. The second-order valence-electron chi connectivity index (χ2n) is 5.82. The Bertz CT molecular complexity index is 843. The zero-order valence-corrected chi connectivity index (χ0v) is 15.5. The van der Waals surface area contributed by atoms with Gasteiger partial charge in [-0.1, -0.05) is 6.07 Å². The first-order valence-corrected chi connectivity index (χ1v) is 9.50. The van der Waals surface area contributed by atoms with E-state index in [0.29, 0.717) is 11.4 Å². The lowest BCUT2D eigenvalue weighted by Gasteiger charge is -2.11. The summed E-state index contributed by atoms with van der Waals surface area (Å²) in [6.07, 6.45) is 0. The molecule has 1 amide bonds. The fourth-order valence-electron chi connectivity index (χ4n) is 2.36. The summed E-state index contributed by atoms with van der Waals surface area (Å²) in [5, 5.41) is 11.1. The van der Waals surface area contributed by atoms with E-state index >= 15 is 0 Å². The lowest BCUT2D eigenvalue weighted by Crippen LogP contribution is -2.31. The van der Waals surface area contributed by atoms with Crippen LogP contribution < -0.4 is 14.8 Å². The fraction of sp³-hybridized carbons (Fsp3) is 0.278. The highest BCUT2D eigenvalue weighted by Crippen LogP contribution is 2.21. The Morgan fingerprint density at radius 1 is 1.08 bits per heavy atom. The molecule has 26 heavy (non-hydrogen) atoms. The lowest BCUT2D eigenvalue weighted by atomic mass is 10.1. The molecule has 0 aromatic heterocycles. The molecule has 0 saturated carbocycles. The number of hydrogen-bond acceptors (Lipinski definition) is 5. The third kappa shape index (κ3) is 5.75. The van der Waals surface area contributed by atoms with Crippen LogP contribution in [0.3, 0.4) is 0 Å². The Kier molecular flexibility index (Phi) is 6.59. The van der Waals surface area contributed by atoms with Crippen molar-refractivity contribution in [2.45, 2.75) is 18.7 Å². The van der Waals surface area contributed by atoms with Gasteiger partial charge in [-0.05, 0) is 61.4 Å². The number of aliphatic hydroxyl groups excluding tert-OH is 1. The van der Waals surface area contributed by atoms with Crippen LogP contribution in [0.1, 0.15) is 11.1 Å². The number of benzene rings is 2. The van der Waals surface area contributed by atoms with Crippen LogP contribution in [0.2, 0.25) is 0 Å². The zero-order chi connectivity index (χ0) is 19.2. The van der Waals surface area contributed by atoms with Gasteiger partial charge in [0.05, 0.1) is 11.5 Å². The summed E-state index contributed by atoms with van der Waals surface area (Å²) in [6.45, 7) is 3.59. The van der Waals surface area contributed by atoms with Gasteiger partial charge in [-0.3, -0.25) is 9.52 Å². The quantitative estimate of drug-likeness (QED) is 0.647. The molecule has 3 N–H and O–H groups in total. The maximum Gasteiger partial charge on any atom is 0.261 e. The molecule has 0 bridgehead atoms. The molecule has 2 aromatic rings. The van der Waals surface area contributed by atoms with Crippen molar-refractivity contribution in [1.82, 2.24) is 5.32 Å². The van der Waals surface area contributed by atoms with Gasteiger partial charge >= 0.3 is 0 Å². The zero-order valence-electron chi connectivity index (χ0n) is 14.7. The van der Waals surface area contributed by atoms with E-state index in [2.05, 4.69) is 10.0 Å². The Labute approximate surface area is 153 Å². The molecule has 140 valence electrons. The number of rotatable bonds is 8. The predicted octanol–water partition coefficient (Wildman–Crippen LogP) is 1.59. The molecular formula is C18H22N2O5S. The van der Waals surface area contributed by atoms with Crippen molar-refractivity contribution in [3.63, 3.8) is 0 Å². The average Bonchev–Trinajstić information content (AvgIpc) is 2.57. The normalized spacial score (nSPS) is 11.0. The summed E-state index contributed by atoms with van der Waals surface area (Å²) in [4.78, 5) is 11.5. The van der Waals surface area contributed by atoms with Crippen LogP contribution in [-0.2, 0) is 14.8 Å². The monoisotopic (exact) mass is 378 g/mol. The van der Waals surface area contributed by atoms with Crippen LogP contribution in [0.5, 0.6) is 5.75 Å². The number of aliphatic hydroxyl groups is 1. The van der Waals surface area contributed by atoms with Gasteiger partial charge in [0.1, 0.15) is 5.75 Å². The Morgan fingerprint density at radius 2 is 1.69 bits per heavy atom. The molecule has 0 atom stereocenters. The molecule has 0 fully saturated rings. The summed E-state index contributed by atoms with van der Waals surface area (Å²) in [7, 11) is -3.72. The Morgan fingerprint density at radius 3 is 2.27 bits per heavy atom. The van der Waals surface area contributed by atoms with Crippen LogP contribution >= 0.6 is 0 Å². The first kappa shape index (κ1) is 19.7. The van der Waals surface area contributed by atoms with Gasteiger partial charge in [0, 0.05) is 12.2 Å². The Hall–Kier alpha value is -2.58. The number of carbonyl (C=O) groups is 1. The van der Waals surface area contributed by atoms with Crippen LogP contribution in [0.25, 0.3) is 0 Å². The molecule has 7 nitrogen and oxygen atoms in total. The smallest absolute Gasteiger partial charge is 0.261 e. The van der Waals surface area contributed by atoms with Crippen LogP contribution in [0, 0.1) is 13.8 Å². The van der Waals surface area contributed by atoms with E-state index in [1.54, 1.807) is 12.1 Å². The van der Waals surface area contributed by atoms with E-state index in [1.807, 2.05) is 19.9 Å². The minimum atomic E-state index is -3.72. The van der Waals surface area contributed by atoms with Crippen molar-refractivity contribution in [3.05, 3.63) is 53.6 Å². The molecule has 0 aliphatic rings. The van der Waals surface area contributed by atoms with Gasteiger partial charge in [0.2, 0.25) is 0 Å². The second-order valence-corrected chi connectivity index (χ2v) is 7.50. The first-order chi connectivity index (χ1) is 12.3. The van der Waals surface area contributed by atoms with Gasteiger partial charge in [-0.15, -0.1) is 0 Å². The van der Waals surface area contributed by atoms with Crippen molar-refractivity contribution in [2.75, 3.05) is 24.5 Å². The van der Waals surface area contributed by atoms with E-state index in [-0.39, 0.29) is 30.6 Å². The minimum Gasteiger partial charge on any atom is -0.484 e. The van der Waals surface area contributed by atoms with Gasteiger partial charge in [-0.25, -0.2) is 8.42 Å². The molecule has 0 aliphatic heterocycles. The third-order valence-electron chi connectivity index (χ3n) is 3.41. The largest absolute Gasteiger partial charge is 0.484 e. The van der Waals surface area contributed by atoms with Crippen molar-refractivity contribution in [3.8, 4) is 5.75 Å². The molecule has 2 aromatic carbocycles. The number of hydrogen-bond donors (Lipinski definition) is 3. The van der Waals surface area contributed by atoms with E-state index in [4.69, 9.17) is 9.84 Å². The van der Waals surface area contributed by atoms with Crippen molar-refractivity contribution in [2.24, 2.45) is 0 Å². The topological polar surface area (TPSA) is 105 Å². The van der Waals surface area contributed by atoms with Gasteiger partial charge in [0.15, 0.2) is 6.61 Å². The molecule has 0 aliphatic carbocycles. The van der Waals surface area contributed by atoms with E-state index in [0.717, 1.165) is 11.1 Å². The third-order valence-corrected chi connectivity index (χ3v) is 4.81. The van der Waals surface area contributed by atoms with E-state index in [9.17, 15) is 13.2 Å². The maximum absolute atomic E-state index is 12.5. The average molecular weight is 378 g/mol. The minimum absolute atomic E-state index is 0.0914. The molecule has 2 rings (SSSR count). The predicted molar refractivity (Wildman–Crippen MR) is 98.8 cm³/mol. The highest BCUT2D eigenvalue weighted by atomic mass is 32.2. The van der Waals surface area contributed by atoms with Crippen molar-refractivity contribution >= 4 is 21.6 Å². The molecule has 8 heteroatoms. The summed E-state index contributed by atoms with van der Waals surface area (Å²) in [5.74, 6) is 0.00160. The first-order valence-electron chi connectivity index (χ1n) is 8.02. The summed E-state index contributed by atoms with van der Waals surface area (Å²) in [6, 6.07) is 11.3. The number of anilines is 1. The van der Waals surface area contributed by atoms with Crippen molar-refractivity contribution in [1.29, 1.82) is 0 Å². The van der Waals surface area contributed by atoms with Gasteiger partial charge in [-0.2, -0.15) is 0 Å². The standard InChI is InChI=1S/C18H22N2O5S/c1-13-9-14(2)11-15(10-13)20-26(23,24)17-5-3-16(4-6-17)25-12-18(22)19-7-8-21/h3-6,9-11,20-21H,7-8,12H2,1-2H3,(H,19,22). The number of sulfonamides is 1. The lowest BCUT2D eigenvalue weighted by molar-refractivity contribution is -0.123. The number of amides is 1. The molecule has 0 radical (unpaired) electrons. The van der Waals surface area contributed by atoms with Gasteiger partial charge < -0.3 is 15.2 Å². The highest BCUT2D eigenvalue weighted by Gasteiger charge is 2.15. The number of ether oxygens (including phenoxy) is 1. The van der Waals surface area contributed by atoms with E-state index < -0.39 is 10.0 Å². The summed E-state index contributed by atoms with van der Waals surface area (Å²) in [5.41, 5.74) is 2.43. The van der Waals surface area contributed by atoms with Crippen LogP contribution in [-0.4, -0.2) is 39.2 Å². The van der Waals surface area contributed by atoms with E-state index in [1.165, 1.54) is 24.3 Å². The highest BCUT2D eigenvalue weighted by molar-refractivity contribution is 7.92. The Balaban J connectivity index is 2.03. The summed E-state index contributed by atoms with van der Waals surface area (Å²) < 4.78 is 32.8. The number of carbonyl (C=O) groups excluding carboxylic acids is 1. The molecular weight excluding hydrogens is 356 g/mol. The number of nitrogens with one attached hydrogen (secondary N) is 2. The van der Waals surface area contributed by atoms with Gasteiger partial charge in [0.25, 0.3) is 15.9 Å². The SMILES string of the molecule is Cc1cc(C)cc(NS(=O)(=O)c2ccc(OCC(=O)NCCO)cc2)c1. The number of aryl methyl sites for hydroxylation is 2. The molecule has 0 heterocycles. The molecule has 0 spiro atoms. The molecule has 0 unspecified atom stereocenters. The summed E-state index contributed by atoms with van der Waals surface area (Å²) >= 11 is 0. The fourth-order valence-corrected chi connectivity index (χ4v) is 3.40. The van der Waals surface area contributed by atoms with Crippen LogP contribution in [0.4, 0.5) is 5.69 Å². The van der Waals surface area contributed by atoms with Crippen LogP contribution in [0.15, 0.2) is 47.4 Å².